The standard InChI is InChI=1S/C9H12ClN/c1-7-5-9(10)4-3-8(7)6-11-2/h3-5,11H,6H2,1-2H3. The zero-order valence-electron chi connectivity index (χ0n) is 6.82. The molecule has 0 aliphatic heterocycles. The molecule has 1 N–H and O–H groups in total. The normalized spacial score (nSPS) is 10.1. The Kier molecular flexibility index (Phi) is 2.92. The van der Waals surface area contributed by atoms with Gasteiger partial charge >= 0.3 is 0 Å². The van der Waals surface area contributed by atoms with E-state index in [-0.39, 0.29) is 0 Å². The molecule has 1 aromatic carbocycles. The van der Waals surface area contributed by atoms with Crippen LogP contribution in [0.15, 0.2) is 18.2 Å². The van der Waals surface area contributed by atoms with Gasteiger partial charge in [-0.25, -0.2) is 0 Å². The minimum atomic E-state index is 0.808. The highest BCUT2D eigenvalue weighted by atomic mass is 35.5. The molecule has 0 saturated carbocycles. The van der Waals surface area contributed by atoms with Crippen LogP contribution in [0.5, 0.6) is 0 Å². The van der Waals surface area contributed by atoms with E-state index in [1.807, 2.05) is 25.2 Å². The predicted octanol–water partition coefficient (Wildman–Crippen LogP) is 2.37. The Balaban J connectivity index is 2.90. The van der Waals surface area contributed by atoms with Gasteiger partial charge in [-0.05, 0) is 37.2 Å². The SMILES string of the molecule is CNCc1ccc(Cl)cc1C. The quantitative estimate of drug-likeness (QED) is 0.717. The maximum atomic E-state index is 5.80. The van der Waals surface area contributed by atoms with E-state index in [0.717, 1.165) is 11.6 Å². The summed E-state index contributed by atoms with van der Waals surface area (Å²) in [5.74, 6) is 0. The molecule has 0 radical (unpaired) electrons. The summed E-state index contributed by atoms with van der Waals surface area (Å²) < 4.78 is 0. The average molecular weight is 170 g/mol. The molecule has 0 atom stereocenters. The topological polar surface area (TPSA) is 12.0 Å². The lowest BCUT2D eigenvalue weighted by molar-refractivity contribution is 0.812. The molecule has 0 fully saturated rings. The summed E-state index contributed by atoms with van der Waals surface area (Å²) in [6.45, 7) is 2.97. The Labute approximate surface area is 72.4 Å². The molecule has 0 heterocycles. The summed E-state index contributed by atoms with van der Waals surface area (Å²) in [6, 6.07) is 5.95. The van der Waals surface area contributed by atoms with Gasteiger partial charge in [0, 0.05) is 11.6 Å². The zero-order valence-corrected chi connectivity index (χ0v) is 7.57. The summed E-state index contributed by atoms with van der Waals surface area (Å²) in [7, 11) is 1.94. The predicted molar refractivity (Wildman–Crippen MR) is 49.0 cm³/mol. The van der Waals surface area contributed by atoms with Crippen LogP contribution < -0.4 is 5.32 Å². The van der Waals surface area contributed by atoms with Crippen LogP contribution in [0, 0.1) is 6.92 Å². The van der Waals surface area contributed by atoms with Crippen molar-refractivity contribution in [3.8, 4) is 0 Å². The first-order chi connectivity index (χ1) is 5.24. The van der Waals surface area contributed by atoms with E-state index in [0.29, 0.717) is 0 Å². The molecule has 1 aromatic rings. The first-order valence-corrected chi connectivity index (χ1v) is 4.01. The zero-order chi connectivity index (χ0) is 8.27. The van der Waals surface area contributed by atoms with E-state index in [1.54, 1.807) is 0 Å². The van der Waals surface area contributed by atoms with Crippen molar-refractivity contribution in [2.24, 2.45) is 0 Å². The third kappa shape index (κ3) is 2.21. The maximum Gasteiger partial charge on any atom is 0.0408 e. The highest BCUT2D eigenvalue weighted by Gasteiger charge is 1.96. The van der Waals surface area contributed by atoms with E-state index in [2.05, 4.69) is 12.2 Å². The summed E-state index contributed by atoms with van der Waals surface area (Å²) in [5, 5.41) is 3.91. The van der Waals surface area contributed by atoms with Crippen molar-refractivity contribution >= 4 is 11.6 Å². The highest BCUT2D eigenvalue weighted by molar-refractivity contribution is 6.30. The van der Waals surface area contributed by atoms with Crippen molar-refractivity contribution in [3.05, 3.63) is 34.3 Å². The minimum absolute atomic E-state index is 0.808. The molecule has 0 aliphatic rings. The Hall–Kier alpha value is -0.530. The second-order valence-corrected chi connectivity index (χ2v) is 3.04. The number of hydrogen-bond donors (Lipinski definition) is 1. The van der Waals surface area contributed by atoms with Gasteiger partial charge in [-0.2, -0.15) is 0 Å². The van der Waals surface area contributed by atoms with Crippen molar-refractivity contribution < 1.29 is 0 Å². The Morgan fingerprint density at radius 2 is 2.18 bits per heavy atom. The van der Waals surface area contributed by atoms with Gasteiger partial charge in [-0.15, -0.1) is 0 Å². The summed E-state index contributed by atoms with van der Waals surface area (Å²) in [5.41, 5.74) is 2.55. The molecule has 2 heteroatoms. The van der Waals surface area contributed by atoms with E-state index >= 15 is 0 Å². The van der Waals surface area contributed by atoms with Crippen LogP contribution in [0.2, 0.25) is 5.02 Å². The summed E-state index contributed by atoms with van der Waals surface area (Å²) >= 11 is 5.80. The lowest BCUT2D eigenvalue weighted by atomic mass is 10.1. The molecule has 0 spiro atoms. The molecule has 0 bridgehead atoms. The molecule has 1 rings (SSSR count). The molecular formula is C9H12ClN. The lowest BCUT2D eigenvalue weighted by Crippen LogP contribution is -2.06. The van der Waals surface area contributed by atoms with Crippen molar-refractivity contribution in [2.45, 2.75) is 13.5 Å². The number of benzene rings is 1. The van der Waals surface area contributed by atoms with Crippen molar-refractivity contribution in [3.63, 3.8) is 0 Å². The van der Waals surface area contributed by atoms with E-state index in [9.17, 15) is 0 Å². The Morgan fingerprint density at radius 1 is 1.45 bits per heavy atom. The van der Waals surface area contributed by atoms with Crippen LogP contribution in [-0.4, -0.2) is 7.05 Å². The number of aryl methyl sites for hydroxylation is 1. The van der Waals surface area contributed by atoms with Gasteiger partial charge in [0.25, 0.3) is 0 Å². The van der Waals surface area contributed by atoms with E-state index in [4.69, 9.17) is 11.6 Å². The maximum absolute atomic E-state index is 5.80. The van der Waals surface area contributed by atoms with Crippen molar-refractivity contribution in [2.75, 3.05) is 7.05 Å². The molecule has 0 aromatic heterocycles. The lowest BCUT2D eigenvalue weighted by Gasteiger charge is -2.04. The fourth-order valence-electron chi connectivity index (χ4n) is 1.05. The second-order valence-electron chi connectivity index (χ2n) is 2.60. The molecule has 0 unspecified atom stereocenters. The van der Waals surface area contributed by atoms with Crippen LogP contribution in [0.25, 0.3) is 0 Å². The highest BCUT2D eigenvalue weighted by Crippen LogP contribution is 2.14. The van der Waals surface area contributed by atoms with Gasteiger partial charge in [0.15, 0.2) is 0 Å². The number of nitrogens with one attached hydrogen (secondary N) is 1. The monoisotopic (exact) mass is 169 g/mol. The van der Waals surface area contributed by atoms with Crippen LogP contribution >= 0.6 is 11.6 Å². The number of rotatable bonds is 2. The Bertz CT molecular complexity index is 245. The molecule has 0 aliphatic carbocycles. The minimum Gasteiger partial charge on any atom is -0.316 e. The number of hydrogen-bond acceptors (Lipinski definition) is 1. The third-order valence-corrected chi connectivity index (χ3v) is 1.91. The van der Waals surface area contributed by atoms with Crippen LogP contribution in [0.1, 0.15) is 11.1 Å². The van der Waals surface area contributed by atoms with Crippen molar-refractivity contribution in [1.82, 2.24) is 5.32 Å². The van der Waals surface area contributed by atoms with Crippen LogP contribution in [-0.2, 0) is 6.54 Å². The van der Waals surface area contributed by atoms with Gasteiger partial charge < -0.3 is 5.32 Å². The average Bonchev–Trinajstić information content (AvgIpc) is 1.95. The largest absolute Gasteiger partial charge is 0.316 e. The first kappa shape index (κ1) is 8.57. The van der Waals surface area contributed by atoms with Gasteiger partial charge in [0.1, 0.15) is 0 Å². The van der Waals surface area contributed by atoms with E-state index in [1.165, 1.54) is 11.1 Å². The molecule has 11 heavy (non-hydrogen) atoms. The first-order valence-electron chi connectivity index (χ1n) is 3.63. The van der Waals surface area contributed by atoms with Gasteiger partial charge in [-0.1, -0.05) is 17.7 Å². The van der Waals surface area contributed by atoms with Gasteiger partial charge in [0.2, 0.25) is 0 Å². The van der Waals surface area contributed by atoms with Crippen LogP contribution in [0.4, 0.5) is 0 Å². The molecule has 1 nitrogen and oxygen atoms in total. The number of halogens is 1. The van der Waals surface area contributed by atoms with Gasteiger partial charge in [0.05, 0.1) is 0 Å². The van der Waals surface area contributed by atoms with Crippen LogP contribution in [0.3, 0.4) is 0 Å². The fourth-order valence-corrected chi connectivity index (χ4v) is 1.27. The molecule has 0 saturated heterocycles. The van der Waals surface area contributed by atoms with Gasteiger partial charge in [-0.3, -0.25) is 0 Å². The molecule has 60 valence electrons. The smallest absolute Gasteiger partial charge is 0.0408 e. The summed E-state index contributed by atoms with van der Waals surface area (Å²) in [6.07, 6.45) is 0. The fraction of sp³-hybridized carbons (Fsp3) is 0.333. The molecular weight excluding hydrogens is 158 g/mol. The second kappa shape index (κ2) is 3.74. The summed E-state index contributed by atoms with van der Waals surface area (Å²) in [4.78, 5) is 0. The third-order valence-electron chi connectivity index (χ3n) is 1.67. The molecule has 0 amide bonds. The Morgan fingerprint density at radius 3 is 2.73 bits per heavy atom. The van der Waals surface area contributed by atoms with E-state index < -0.39 is 0 Å². The van der Waals surface area contributed by atoms with Crippen molar-refractivity contribution in [1.29, 1.82) is 0 Å².